The lowest BCUT2D eigenvalue weighted by Crippen LogP contribution is -2.44. The summed E-state index contributed by atoms with van der Waals surface area (Å²) in [6, 6.07) is -0.375. The number of carboxylic acids is 1. The van der Waals surface area contributed by atoms with Crippen molar-refractivity contribution in [1.29, 1.82) is 0 Å². The molecule has 0 aromatic carbocycles. The van der Waals surface area contributed by atoms with Crippen LogP contribution < -0.4 is 5.32 Å². The molecule has 0 heterocycles. The van der Waals surface area contributed by atoms with E-state index in [1.54, 1.807) is 20.8 Å². The summed E-state index contributed by atoms with van der Waals surface area (Å²) < 4.78 is 5.16. The van der Waals surface area contributed by atoms with E-state index in [1.807, 2.05) is 6.92 Å². The van der Waals surface area contributed by atoms with Crippen molar-refractivity contribution in [1.82, 2.24) is 5.32 Å². The summed E-state index contributed by atoms with van der Waals surface area (Å²) in [6.07, 6.45) is 0.315. The van der Waals surface area contributed by atoms with E-state index in [-0.39, 0.29) is 17.9 Å². The summed E-state index contributed by atoms with van der Waals surface area (Å²) in [6.45, 7) is 9.40. The summed E-state index contributed by atoms with van der Waals surface area (Å²) in [5, 5.41) is 11.6. The van der Waals surface area contributed by atoms with Crippen molar-refractivity contribution in [3.05, 3.63) is 0 Å². The van der Waals surface area contributed by atoms with Gasteiger partial charge in [-0.15, -0.1) is 0 Å². The van der Waals surface area contributed by atoms with Gasteiger partial charge in [-0.3, -0.25) is 4.79 Å². The average molecular weight is 257 g/mol. The zero-order chi connectivity index (χ0) is 14.1. The van der Waals surface area contributed by atoms with Crippen LogP contribution in [0, 0.1) is 11.3 Å². The first-order valence-corrected chi connectivity index (χ1v) is 6.26. The third kappa shape index (κ3) is 3.89. The number of hydrogen-bond acceptors (Lipinski definition) is 3. The first-order valence-electron chi connectivity index (χ1n) is 6.26. The minimum atomic E-state index is -0.906. The lowest BCUT2D eigenvalue weighted by Gasteiger charge is -2.27. The van der Waals surface area contributed by atoms with E-state index in [9.17, 15) is 9.59 Å². The van der Waals surface area contributed by atoms with Gasteiger partial charge in [-0.2, -0.15) is 0 Å². The smallest absolute Gasteiger partial charge is 0.407 e. The average Bonchev–Trinajstić information content (AvgIpc) is 2.70. The molecule has 0 radical (unpaired) electrons. The third-order valence-corrected chi connectivity index (χ3v) is 3.58. The van der Waals surface area contributed by atoms with Gasteiger partial charge in [0.2, 0.25) is 0 Å². The number of carbonyl (C=O) groups excluding carboxylic acids is 1. The van der Waals surface area contributed by atoms with Crippen molar-refractivity contribution >= 4 is 12.1 Å². The van der Waals surface area contributed by atoms with E-state index in [4.69, 9.17) is 9.84 Å². The monoisotopic (exact) mass is 257 g/mol. The quantitative estimate of drug-likeness (QED) is 0.811. The van der Waals surface area contributed by atoms with Gasteiger partial charge in [-0.05, 0) is 38.5 Å². The molecule has 18 heavy (non-hydrogen) atoms. The maximum Gasteiger partial charge on any atom is 0.407 e. The zero-order valence-electron chi connectivity index (χ0n) is 11.7. The largest absolute Gasteiger partial charge is 0.481 e. The van der Waals surface area contributed by atoms with Crippen LogP contribution in [0.25, 0.3) is 0 Å². The van der Waals surface area contributed by atoms with Gasteiger partial charge in [0.25, 0.3) is 0 Å². The fourth-order valence-electron chi connectivity index (χ4n) is 2.16. The molecule has 0 saturated heterocycles. The predicted molar refractivity (Wildman–Crippen MR) is 67.3 cm³/mol. The summed E-state index contributed by atoms with van der Waals surface area (Å²) in [5.41, 5.74) is -0.705. The highest BCUT2D eigenvalue weighted by atomic mass is 16.6. The number of amides is 1. The van der Waals surface area contributed by atoms with Crippen molar-refractivity contribution in [3.63, 3.8) is 0 Å². The molecule has 0 bridgehead atoms. The number of hydrogen-bond donors (Lipinski definition) is 2. The molecule has 1 rings (SSSR count). The SMILES string of the molecule is CC1CC1(C)C(CC(=O)O)NC(=O)OC(C)(C)C. The minimum absolute atomic E-state index is 0.0694. The molecule has 0 aliphatic heterocycles. The molecule has 3 atom stereocenters. The molecule has 1 aliphatic carbocycles. The first-order chi connectivity index (χ1) is 8.04. The van der Waals surface area contributed by atoms with Crippen LogP contribution in [-0.2, 0) is 9.53 Å². The van der Waals surface area contributed by atoms with E-state index in [0.717, 1.165) is 6.42 Å². The molecule has 1 aliphatic rings. The summed E-state index contributed by atoms with van der Waals surface area (Å²) in [5.74, 6) is -0.479. The Morgan fingerprint density at radius 3 is 2.33 bits per heavy atom. The third-order valence-electron chi connectivity index (χ3n) is 3.58. The van der Waals surface area contributed by atoms with E-state index in [1.165, 1.54) is 0 Å². The van der Waals surface area contributed by atoms with E-state index >= 15 is 0 Å². The van der Waals surface area contributed by atoms with Gasteiger partial charge in [0.05, 0.1) is 6.42 Å². The van der Waals surface area contributed by atoms with Crippen molar-refractivity contribution in [2.45, 2.75) is 59.1 Å². The molecule has 0 aromatic rings. The van der Waals surface area contributed by atoms with Crippen LogP contribution in [0.1, 0.15) is 47.5 Å². The Morgan fingerprint density at radius 1 is 1.50 bits per heavy atom. The van der Waals surface area contributed by atoms with E-state index in [0.29, 0.717) is 5.92 Å². The van der Waals surface area contributed by atoms with Gasteiger partial charge in [0.1, 0.15) is 5.60 Å². The van der Waals surface area contributed by atoms with E-state index < -0.39 is 17.7 Å². The number of alkyl carbamates (subject to hydrolysis) is 1. The molecule has 5 nitrogen and oxygen atoms in total. The standard InChI is InChI=1S/C13H23NO4/c1-8-7-13(8,5)9(6-10(15)16)14-11(17)18-12(2,3)4/h8-9H,6-7H2,1-5H3,(H,14,17)(H,15,16). The molecule has 3 unspecified atom stereocenters. The van der Waals surface area contributed by atoms with Gasteiger partial charge in [-0.1, -0.05) is 13.8 Å². The molecule has 5 heteroatoms. The molecule has 0 aromatic heterocycles. The lowest BCUT2D eigenvalue weighted by molar-refractivity contribution is -0.138. The Labute approximate surface area is 108 Å². The van der Waals surface area contributed by atoms with Crippen LogP contribution in [-0.4, -0.2) is 28.8 Å². The highest BCUT2D eigenvalue weighted by Crippen LogP contribution is 2.55. The highest BCUT2D eigenvalue weighted by molar-refractivity contribution is 5.72. The van der Waals surface area contributed by atoms with Crippen LogP contribution >= 0.6 is 0 Å². The Kier molecular flexibility index (Phi) is 3.93. The van der Waals surface area contributed by atoms with Crippen molar-refractivity contribution < 1.29 is 19.4 Å². The van der Waals surface area contributed by atoms with Crippen molar-refractivity contribution in [2.24, 2.45) is 11.3 Å². The van der Waals surface area contributed by atoms with Crippen molar-refractivity contribution in [3.8, 4) is 0 Å². The van der Waals surface area contributed by atoms with Gasteiger partial charge >= 0.3 is 12.1 Å². The van der Waals surface area contributed by atoms with Crippen LogP contribution in [0.5, 0.6) is 0 Å². The Bertz CT molecular complexity index is 347. The fourth-order valence-corrected chi connectivity index (χ4v) is 2.16. The Hall–Kier alpha value is -1.26. The second kappa shape index (κ2) is 4.78. The normalized spacial score (nSPS) is 28.4. The van der Waals surface area contributed by atoms with Crippen LogP contribution in [0.3, 0.4) is 0 Å². The van der Waals surface area contributed by atoms with Gasteiger partial charge in [0, 0.05) is 6.04 Å². The van der Waals surface area contributed by atoms with E-state index in [2.05, 4.69) is 12.2 Å². The van der Waals surface area contributed by atoms with Crippen molar-refractivity contribution in [2.75, 3.05) is 0 Å². The van der Waals surface area contributed by atoms with Crippen LogP contribution in [0.15, 0.2) is 0 Å². The Morgan fingerprint density at radius 2 is 2.00 bits per heavy atom. The van der Waals surface area contributed by atoms with Gasteiger partial charge in [0.15, 0.2) is 0 Å². The Balaban J connectivity index is 2.63. The molecule has 1 fully saturated rings. The molecule has 1 amide bonds. The number of rotatable bonds is 4. The van der Waals surface area contributed by atoms with Gasteiger partial charge in [-0.25, -0.2) is 4.79 Å². The maximum absolute atomic E-state index is 11.7. The molecular formula is C13H23NO4. The molecule has 0 spiro atoms. The zero-order valence-corrected chi connectivity index (χ0v) is 11.7. The number of carbonyl (C=O) groups is 2. The number of ether oxygens (including phenoxy) is 1. The highest BCUT2D eigenvalue weighted by Gasteiger charge is 2.53. The lowest BCUT2D eigenvalue weighted by atomic mass is 9.93. The molecule has 1 saturated carbocycles. The second-order valence-corrected chi connectivity index (χ2v) is 6.41. The number of carboxylic acid groups (broad SMARTS) is 1. The summed E-state index contributed by atoms with van der Waals surface area (Å²) >= 11 is 0. The van der Waals surface area contributed by atoms with Crippen LogP contribution in [0.2, 0.25) is 0 Å². The maximum atomic E-state index is 11.7. The topological polar surface area (TPSA) is 75.6 Å². The van der Waals surface area contributed by atoms with Gasteiger partial charge < -0.3 is 15.2 Å². The summed E-state index contributed by atoms with van der Waals surface area (Å²) in [4.78, 5) is 22.6. The summed E-state index contributed by atoms with van der Waals surface area (Å²) in [7, 11) is 0. The van der Waals surface area contributed by atoms with Crippen LogP contribution in [0.4, 0.5) is 4.79 Å². The first kappa shape index (κ1) is 14.8. The second-order valence-electron chi connectivity index (χ2n) is 6.41. The predicted octanol–water partition coefficient (Wildman–Crippen LogP) is 2.40. The number of aliphatic carboxylic acids is 1. The minimum Gasteiger partial charge on any atom is -0.481 e. The fraction of sp³-hybridized carbons (Fsp3) is 0.846. The molecule has 104 valence electrons. The molecular weight excluding hydrogens is 234 g/mol. The number of nitrogens with one attached hydrogen (secondary N) is 1. The molecule has 2 N–H and O–H groups in total.